The summed E-state index contributed by atoms with van der Waals surface area (Å²) in [5, 5.41) is 8.84. The van der Waals surface area contributed by atoms with Gasteiger partial charge >= 0.3 is 0 Å². The molecule has 0 spiro atoms. The third kappa shape index (κ3) is 4.08. The molecule has 1 aliphatic carbocycles. The molecule has 1 aliphatic rings. The van der Waals surface area contributed by atoms with Crippen molar-refractivity contribution in [2.45, 2.75) is 45.4 Å². The number of hydrogen-bond acceptors (Lipinski definition) is 2. The molecule has 0 aliphatic heterocycles. The quantitative estimate of drug-likeness (QED) is 0.782. The molecular weight excluding hydrogens is 244 g/mol. The monoisotopic (exact) mass is 270 g/mol. The summed E-state index contributed by atoms with van der Waals surface area (Å²) < 4.78 is 0. The van der Waals surface area contributed by atoms with Crippen molar-refractivity contribution in [2.75, 3.05) is 19.6 Å². The Labute approximate surface area is 123 Å². The van der Waals surface area contributed by atoms with E-state index in [4.69, 9.17) is 5.26 Å². The standard InChI is InChI=1S/C18H26N2/c1-15(2)13-20(12-6-11-19)14-17-9-5-8-16-7-3-4-10-18(16)17/h3-4,7,10,15,17H,5-6,8-9,12-14H2,1-2H3. The molecule has 108 valence electrons. The SMILES string of the molecule is CC(C)CN(CCC#N)CC1CCCc2ccccc21. The van der Waals surface area contributed by atoms with Crippen molar-refractivity contribution in [3.63, 3.8) is 0 Å². The maximum absolute atomic E-state index is 8.84. The normalized spacial score (nSPS) is 18.1. The molecule has 0 aromatic heterocycles. The van der Waals surface area contributed by atoms with Crippen LogP contribution in [-0.4, -0.2) is 24.5 Å². The summed E-state index contributed by atoms with van der Waals surface area (Å²) in [4.78, 5) is 2.49. The van der Waals surface area contributed by atoms with Gasteiger partial charge in [-0.1, -0.05) is 38.1 Å². The second-order valence-electron chi connectivity index (χ2n) is 6.35. The highest BCUT2D eigenvalue weighted by molar-refractivity contribution is 5.32. The fourth-order valence-electron chi connectivity index (χ4n) is 3.34. The second-order valence-corrected chi connectivity index (χ2v) is 6.35. The predicted molar refractivity (Wildman–Crippen MR) is 83.6 cm³/mol. The van der Waals surface area contributed by atoms with Crippen LogP contribution in [0.4, 0.5) is 0 Å². The fourth-order valence-corrected chi connectivity index (χ4v) is 3.34. The minimum atomic E-state index is 0.640. The Hall–Kier alpha value is -1.33. The van der Waals surface area contributed by atoms with E-state index in [1.807, 2.05) is 0 Å². The molecule has 0 heterocycles. The Morgan fingerprint density at radius 3 is 2.90 bits per heavy atom. The maximum Gasteiger partial charge on any atom is 0.0635 e. The molecule has 0 saturated heterocycles. The fraction of sp³-hybridized carbons (Fsp3) is 0.611. The molecule has 0 radical (unpaired) electrons. The van der Waals surface area contributed by atoms with Gasteiger partial charge in [0, 0.05) is 26.1 Å². The van der Waals surface area contributed by atoms with E-state index in [1.165, 1.54) is 24.8 Å². The molecule has 2 heteroatoms. The Balaban J connectivity index is 2.05. The van der Waals surface area contributed by atoms with Gasteiger partial charge in [0.25, 0.3) is 0 Å². The van der Waals surface area contributed by atoms with Crippen LogP contribution < -0.4 is 0 Å². The van der Waals surface area contributed by atoms with Crippen molar-refractivity contribution in [3.05, 3.63) is 35.4 Å². The third-order valence-corrected chi connectivity index (χ3v) is 4.14. The van der Waals surface area contributed by atoms with Crippen molar-refractivity contribution in [1.29, 1.82) is 5.26 Å². The van der Waals surface area contributed by atoms with Gasteiger partial charge in [0.2, 0.25) is 0 Å². The zero-order valence-electron chi connectivity index (χ0n) is 12.8. The summed E-state index contributed by atoms with van der Waals surface area (Å²) in [5.74, 6) is 1.31. The molecule has 1 unspecified atom stereocenters. The molecule has 0 N–H and O–H groups in total. The first-order valence-electron chi connectivity index (χ1n) is 7.87. The summed E-state index contributed by atoms with van der Waals surface area (Å²) in [5.41, 5.74) is 3.08. The van der Waals surface area contributed by atoms with Crippen molar-refractivity contribution >= 4 is 0 Å². The number of rotatable bonds is 6. The number of fused-ring (bicyclic) bond motifs is 1. The van der Waals surface area contributed by atoms with Gasteiger partial charge in [-0.2, -0.15) is 5.26 Å². The maximum atomic E-state index is 8.84. The number of hydrogen-bond donors (Lipinski definition) is 0. The Morgan fingerprint density at radius 1 is 1.35 bits per heavy atom. The van der Waals surface area contributed by atoms with Gasteiger partial charge in [-0.3, -0.25) is 0 Å². The van der Waals surface area contributed by atoms with Crippen LogP contribution in [0.5, 0.6) is 0 Å². The highest BCUT2D eigenvalue weighted by atomic mass is 15.1. The Morgan fingerprint density at radius 2 is 2.15 bits per heavy atom. The average molecular weight is 270 g/mol. The van der Waals surface area contributed by atoms with Crippen LogP contribution in [0.25, 0.3) is 0 Å². The van der Waals surface area contributed by atoms with Gasteiger partial charge in [0.15, 0.2) is 0 Å². The second kappa shape index (κ2) is 7.45. The third-order valence-electron chi connectivity index (χ3n) is 4.14. The van der Waals surface area contributed by atoms with E-state index < -0.39 is 0 Å². The van der Waals surface area contributed by atoms with Crippen LogP contribution in [0.1, 0.15) is 50.2 Å². The highest BCUT2D eigenvalue weighted by Gasteiger charge is 2.22. The van der Waals surface area contributed by atoms with E-state index in [0.29, 0.717) is 18.3 Å². The van der Waals surface area contributed by atoms with E-state index in [9.17, 15) is 0 Å². The molecule has 1 aromatic carbocycles. The summed E-state index contributed by atoms with van der Waals surface area (Å²) in [6, 6.07) is 11.2. The minimum absolute atomic E-state index is 0.640. The lowest BCUT2D eigenvalue weighted by atomic mass is 9.82. The zero-order chi connectivity index (χ0) is 14.4. The van der Waals surface area contributed by atoms with Crippen LogP contribution in [0.15, 0.2) is 24.3 Å². The molecule has 0 bridgehead atoms. The largest absolute Gasteiger partial charge is 0.301 e. The molecule has 2 rings (SSSR count). The van der Waals surface area contributed by atoms with E-state index >= 15 is 0 Å². The van der Waals surface area contributed by atoms with Crippen LogP contribution in [-0.2, 0) is 6.42 Å². The molecule has 1 atom stereocenters. The number of aryl methyl sites for hydroxylation is 1. The predicted octanol–water partition coefficient (Wildman–Crippen LogP) is 3.98. The number of nitriles is 1. The summed E-state index contributed by atoms with van der Waals surface area (Å²) in [6.45, 7) is 7.63. The molecule has 1 aromatic rings. The van der Waals surface area contributed by atoms with Gasteiger partial charge in [-0.15, -0.1) is 0 Å². The number of nitrogens with zero attached hydrogens (tertiary/aromatic N) is 2. The molecular formula is C18H26N2. The van der Waals surface area contributed by atoms with Crippen LogP contribution in [0.2, 0.25) is 0 Å². The van der Waals surface area contributed by atoms with Gasteiger partial charge < -0.3 is 4.90 Å². The number of benzene rings is 1. The molecule has 2 nitrogen and oxygen atoms in total. The van der Waals surface area contributed by atoms with Crippen molar-refractivity contribution in [1.82, 2.24) is 4.90 Å². The lowest BCUT2D eigenvalue weighted by Crippen LogP contribution is -2.33. The van der Waals surface area contributed by atoms with E-state index in [2.05, 4.69) is 49.1 Å². The molecule has 0 fully saturated rings. The Kier molecular flexibility index (Phi) is 5.61. The van der Waals surface area contributed by atoms with Gasteiger partial charge in [-0.25, -0.2) is 0 Å². The van der Waals surface area contributed by atoms with Crippen molar-refractivity contribution < 1.29 is 0 Å². The van der Waals surface area contributed by atoms with E-state index in [-0.39, 0.29) is 0 Å². The summed E-state index contributed by atoms with van der Waals surface area (Å²) in [7, 11) is 0. The highest BCUT2D eigenvalue weighted by Crippen LogP contribution is 2.32. The summed E-state index contributed by atoms with van der Waals surface area (Å²) >= 11 is 0. The smallest absolute Gasteiger partial charge is 0.0635 e. The van der Waals surface area contributed by atoms with E-state index in [0.717, 1.165) is 19.6 Å². The van der Waals surface area contributed by atoms with Crippen molar-refractivity contribution in [2.24, 2.45) is 5.92 Å². The van der Waals surface area contributed by atoms with Crippen molar-refractivity contribution in [3.8, 4) is 6.07 Å². The van der Waals surface area contributed by atoms with Crippen LogP contribution >= 0.6 is 0 Å². The topological polar surface area (TPSA) is 27.0 Å². The van der Waals surface area contributed by atoms with Crippen LogP contribution in [0.3, 0.4) is 0 Å². The van der Waals surface area contributed by atoms with Gasteiger partial charge in [0.05, 0.1) is 6.07 Å². The van der Waals surface area contributed by atoms with E-state index in [1.54, 1.807) is 5.56 Å². The van der Waals surface area contributed by atoms with Gasteiger partial charge in [-0.05, 0) is 42.2 Å². The molecule has 0 amide bonds. The lowest BCUT2D eigenvalue weighted by molar-refractivity contribution is 0.227. The molecule has 0 saturated carbocycles. The Bertz CT molecular complexity index is 459. The average Bonchev–Trinajstić information content (AvgIpc) is 2.44. The first-order valence-corrected chi connectivity index (χ1v) is 7.87. The minimum Gasteiger partial charge on any atom is -0.301 e. The lowest BCUT2D eigenvalue weighted by Gasteiger charge is -2.32. The zero-order valence-corrected chi connectivity index (χ0v) is 12.8. The first kappa shape index (κ1) is 15.1. The molecule has 20 heavy (non-hydrogen) atoms. The summed E-state index contributed by atoms with van der Waals surface area (Å²) in [6.07, 6.45) is 4.46. The van der Waals surface area contributed by atoms with Crippen LogP contribution in [0, 0.1) is 17.2 Å². The first-order chi connectivity index (χ1) is 9.70. The van der Waals surface area contributed by atoms with Gasteiger partial charge in [0.1, 0.15) is 0 Å².